The Morgan fingerprint density at radius 2 is 1.47 bits per heavy atom. The molecule has 9 heteroatoms. The van der Waals surface area contributed by atoms with Crippen LogP contribution in [0, 0.1) is 23.5 Å². The van der Waals surface area contributed by atoms with E-state index in [1.807, 2.05) is 13.8 Å². The Morgan fingerprint density at radius 3 is 1.98 bits per heavy atom. The van der Waals surface area contributed by atoms with Crippen LogP contribution in [0.25, 0.3) is 11.1 Å². The van der Waals surface area contributed by atoms with E-state index >= 15 is 0 Å². The van der Waals surface area contributed by atoms with Gasteiger partial charge in [-0.3, -0.25) is 4.79 Å². The fourth-order valence-corrected chi connectivity index (χ4v) is 6.08. The molecule has 0 aliphatic rings. The first-order valence-electron chi connectivity index (χ1n) is 15.2. The second-order valence-corrected chi connectivity index (χ2v) is 20.1. The van der Waals surface area contributed by atoms with Gasteiger partial charge in [0, 0.05) is 11.8 Å². The molecule has 240 valence electrons. The van der Waals surface area contributed by atoms with Crippen LogP contribution in [0.1, 0.15) is 84.8 Å². The van der Waals surface area contributed by atoms with Crippen LogP contribution in [0.2, 0.25) is 18.1 Å². The zero-order valence-electron chi connectivity index (χ0n) is 27.4. The zero-order valence-corrected chi connectivity index (χ0v) is 29.2. The van der Waals surface area contributed by atoms with Crippen molar-refractivity contribution in [3.05, 3.63) is 65.2 Å². The van der Waals surface area contributed by atoms with Crippen molar-refractivity contribution in [2.75, 3.05) is 19.5 Å². The van der Waals surface area contributed by atoms with Gasteiger partial charge in [0.15, 0.2) is 29.8 Å². The Hall–Kier alpha value is -2.36. The van der Waals surface area contributed by atoms with Gasteiger partial charge in [-0.2, -0.15) is 0 Å². The molecule has 1 atom stereocenters. The number of esters is 1. The van der Waals surface area contributed by atoms with Gasteiger partial charge < -0.3 is 9.16 Å². The number of benzene rings is 2. The fourth-order valence-electron chi connectivity index (χ4n) is 4.51. The molecule has 2 rings (SSSR count). The maximum absolute atomic E-state index is 14.6. The predicted octanol–water partition coefficient (Wildman–Crippen LogP) is 9.09. The Balaban J connectivity index is 2.65. The average Bonchev–Trinajstić information content (AvgIpc) is 2.90. The molecule has 2 aromatic rings. The van der Waals surface area contributed by atoms with Gasteiger partial charge in [0.05, 0.1) is 17.4 Å². The van der Waals surface area contributed by atoms with E-state index in [1.54, 1.807) is 12.1 Å². The van der Waals surface area contributed by atoms with Crippen LogP contribution in [0.15, 0.2) is 47.4 Å². The minimum Gasteiger partial charge on any atom is -0.461 e. The summed E-state index contributed by atoms with van der Waals surface area (Å²) < 4.78 is 65.4. The number of ether oxygens (including phenoxy) is 1. The van der Waals surface area contributed by atoms with Crippen molar-refractivity contribution in [1.29, 1.82) is 0 Å². The summed E-state index contributed by atoms with van der Waals surface area (Å²) in [6, 6.07) is 9.96. The van der Waals surface area contributed by atoms with E-state index in [-0.39, 0.29) is 41.0 Å². The summed E-state index contributed by atoms with van der Waals surface area (Å²) in [5.41, 5.74) is 2.10. The lowest BCUT2D eigenvalue weighted by Gasteiger charge is -2.36. The molecule has 0 spiro atoms. The van der Waals surface area contributed by atoms with E-state index in [2.05, 4.69) is 40.8 Å². The van der Waals surface area contributed by atoms with E-state index in [4.69, 9.17) is 9.16 Å². The minimum atomic E-state index is -3.45. The van der Waals surface area contributed by atoms with E-state index in [0.29, 0.717) is 22.3 Å². The summed E-state index contributed by atoms with van der Waals surface area (Å²) in [4.78, 5) is 13.6. The summed E-state index contributed by atoms with van der Waals surface area (Å²) in [7, 11) is -5.74. The standard InChI is InChI=1S/C34H50F2O5SSi/c1-10-11-12-13-14-28(24(2)3)33(37)40-22-29(25-15-18-27(19-16-25)42(7,38)39)30(23-41-43(8,9)34(4,5)6)26-17-20-31(35)32(36)21-26/h15-21,24,28H,10-14,22-23H2,1-9H3/t28-/m1/s1. The molecule has 0 saturated heterocycles. The number of halogens is 2. The highest BCUT2D eigenvalue weighted by Crippen LogP contribution is 2.38. The first-order chi connectivity index (χ1) is 19.9. The van der Waals surface area contributed by atoms with E-state index in [0.717, 1.165) is 50.5 Å². The molecular weight excluding hydrogens is 587 g/mol. The molecule has 0 aromatic heterocycles. The summed E-state index contributed by atoms with van der Waals surface area (Å²) in [6.45, 7) is 16.6. The first kappa shape index (κ1) is 36.8. The van der Waals surface area contributed by atoms with Crippen molar-refractivity contribution in [1.82, 2.24) is 0 Å². The predicted molar refractivity (Wildman–Crippen MR) is 174 cm³/mol. The second kappa shape index (κ2) is 15.6. The molecule has 0 unspecified atom stereocenters. The number of sulfone groups is 1. The monoisotopic (exact) mass is 636 g/mol. The highest BCUT2D eigenvalue weighted by Gasteiger charge is 2.37. The number of hydrogen-bond acceptors (Lipinski definition) is 5. The zero-order chi connectivity index (χ0) is 32.6. The van der Waals surface area contributed by atoms with Crippen LogP contribution < -0.4 is 0 Å². The molecule has 0 fully saturated rings. The van der Waals surface area contributed by atoms with Gasteiger partial charge in [-0.15, -0.1) is 0 Å². The molecule has 2 aromatic carbocycles. The molecule has 0 aliphatic carbocycles. The van der Waals surface area contributed by atoms with Crippen molar-refractivity contribution in [2.45, 2.75) is 96.7 Å². The Labute approximate surface area is 259 Å². The highest BCUT2D eigenvalue weighted by atomic mass is 32.2. The van der Waals surface area contributed by atoms with Crippen LogP contribution in [-0.2, 0) is 23.8 Å². The number of rotatable bonds is 15. The third kappa shape index (κ3) is 10.6. The topological polar surface area (TPSA) is 69.7 Å². The summed E-state index contributed by atoms with van der Waals surface area (Å²) in [5.74, 6) is -2.48. The molecule has 0 heterocycles. The molecule has 0 aliphatic heterocycles. The molecule has 5 nitrogen and oxygen atoms in total. The summed E-state index contributed by atoms with van der Waals surface area (Å²) in [6.07, 6.45) is 6.06. The van der Waals surface area contributed by atoms with E-state index < -0.39 is 29.8 Å². The molecule has 0 radical (unpaired) electrons. The largest absolute Gasteiger partial charge is 0.461 e. The molecule has 0 saturated carbocycles. The van der Waals surface area contributed by atoms with Gasteiger partial charge in [0.25, 0.3) is 0 Å². The van der Waals surface area contributed by atoms with Crippen molar-refractivity contribution in [3.8, 4) is 0 Å². The van der Waals surface area contributed by atoms with Gasteiger partial charge >= 0.3 is 5.97 Å². The van der Waals surface area contributed by atoms with Crippen LogP contribution >= 0.6 is 0 Å². The summed E-state index contributed by atoms with van der Waals surface area (Å²) >= 11 is 0. The van der Waals surface area contributed by atoms with Gasteiger partial charge in [-0.1, -0.05) is 85.4 Å². The van der Waals surface area contributed by atoms with Gasteiger partial charge in [-0.05, 0) is 71.4 Å². The van der Waals surface area contributed by atoms with Crippen LogP contribution in [0.3, 0.4) is 0 Å². The average molecular weight is 637 g/mol. The Morgan fingerprint density at radius 1 is 0.884 bits per heavy atom. The van der Waals surface area contributed by atoms with Gasteiger partial charge in [-0.25, -0.2) is 17.2 Å². The lowest BCUT2D eigenvalue weighted by Crippen LogP contribution is -2.41. The minimum absolute atomic E-state index is 0.0763. The van der Waals surface area contributed by atoms with E-state index in [9.17, 15) is 22.0 Å². The van der Waals surface area contributed by atoms with Crippen LogP contribution in [0.4, 0.5) is 8.78 Å². The number of carbonyl (C=O) groups excluding carboxylic acids is 1. The smallest absolute Gasteiger partial charge is 0.309 e. The lowest BCUT2D eigenvalue weighted by molar-refractivity contribution is -0.148. The quantitative estimate of drug-likeness (QED) is 0.0844. The maximum Gasteiger partial charge on any atom is 0.309 e. The Kier molecular flexibility index (Phi) is 13.3. The molecule has 0 bridgehead atoms. The maximum atomic E-state index is 14.6. The van der Waals surface area contributed by atoms with Crippen molar-refractivity contribution in [3.63, 3.8) is 0 Å². The first-order valence-corrected chi connectivity index (χ1v) is 20.0. The molecular formula is C34H50F2O5SSi. The van der Waals surface area contributed by atoms with Crippen molar-refractivity contribution < 1.29 is 31.2 Å². The normalized spacial score (nSPS) is 14.0. The van der Waals surface area contributed by atoms with Crippen LogP contribution in [-0.4, -0.2) is 42.2 Å². The Bertz CT molecular complexity index is 1360. The SMILES string of the molecule is CCCCCC[C@@H](C(=O)OCC(=C(CO[Si](C)(C)C(C)(C)C)c1ccc(F)c(F)c1)c1ccc(S(C)(=O)=O)cc1)C(C)C. The van der Waals surface area contributed by atoms with Gasteiger partial charge in [0.1, 0.15) is 6.61 Å². The van der Waals surface area contributed by atoms with Crippen molar-refractivity contribution in [2.24, 2.45) is 11.8 Å². The fraction of sp³-hybridized carbons (Fsp3) is 0.559. The van der Waals surface area contributed by atoms with Crippen molar-refractivity contribution >= 4 is 35.3 Å². The third-order valence-electron chi connectivity index (χ3n) is 8.48. The molecule has 43 heavy (non-hydrogen) atoms. The van der Waals surface area contributed by atoms with E-state index in [1.165, 1.54) is 18.2 Å². The highest BCUT2D eigenvalue weighted by molar-refractivity contribution is 7.90. The summed E-state index contributed by atoms with van der Waals surface area (Å²) in [5, 5.41) is -0.113. The second-order valence-electron chi connectivity index (χ2n) is 13.2. The lowest BCUT2D eigenvalue weighted by atomic mass is 9.90. The number of hydrogen-bond donors (Lipinski definition) is 0. The molecule has 0 amide bonds. The van der Waals surface area contributed by atoms with Crippen LogP contribution in [0.5, 0.6) is 0 Å². The number of carbonyl (C=O) groups is 1. The third-order valence-corrected chi connectivity index (χ3v) is 14.1. The molecule has 0 N–H and O–H groups in total. The van der Waals surface area contributed by atoms with Gasteiger partial charge in [0.2, 0.25) is 0 Å². The number of unbranched alkanes of at least 4 members (excludes halogenated alkanes) is 3.